The summed E-state index contributed by atoms with van der Waals surface area (Å²) >= 11 is 0. The smallest absolute Gasteiger partial charge is 0.227 e. The van der Waals surface area contributed by atoms with Gasteiger partial charge in [0.05, 0.1) is 6.42 Å². The molecular formula is C20H28N2O3. The zero-order chi connectivity index (χ0) is 17.9. The molecule has 0 aliphatic carbocycles. The minimum absolute atomic E-state index is 0.000689. The summed E-state index contributed by atoms with van der Waals surface area (Å²) in [5.74, 6) is 0.327. The van der Waals surface area contributed by atoms with Gasteiger partial charge in [-0.05, 0) is 48.8 Å². The fraction of sp³-hybridized carbons (Fsp3) is 0.600. The van der Waals surface area contributed by atoms with Crippen molar-refractivity contribution in [1.29, 1.82) is 0 Å². The molecule has 0 saturated carbocycles. The Morgan fingerprint density at radius 1 is 1.16 bits per heavy atom. The number of likely N-dealkylation sites (tertiary alicyclic amines) is 1. The van der Waals surface area contributed by atoms with Crippen LogP contribution in [0.2, 0.25) is 0 Å². The molecule has 5 heteroatoms. The molecule has 1 N–H and O–H groups in total. The molecule has 2 aliphatic rings. The highest BCUT2D eigenvalue weighted by atomic mass is 16.3. The van der Waals surface area contributed by atoms with E-state index >= 15 is 0 Å². The minimum Gasteiger partial charge on any atom is -0.396 e. The van der Waals surface area contributed by atoms with Crippen LogP contribution in [-0.4, -0.2) is 48.1 Å². The van der Waals surface area contributed by atoms with Crippen LogP contribution in [0.4, 0.5) is 5.69 Å². The highest BCUT2D eigenvalue weighted by Gasteiger charge is 2.33. The number of aliphatic hydroxyl groups excluding tert-OH is 1. The number of carbonyl (C=O) groups is 2. The Labute approximate surface area is 149 Å². The monoisotopic (exact) mass is 344 g/mol. The van der Waals surface area contributed by atoms with Crippen LogP contribution in [0.25, 0.3) is 0 Å². The number of nitrogens with zero attached hydrogens (tertiary/aromatic N) is 2. The average molecular weight is 344 g/mol. The predicted octanol–water partition coefficient (Wildman–Crippen LogP) is 2.37. The molecule has 2 saturated heterocycles. The first-order chi connectivity index (χ1) is 12.1. The van der Waals surface area contributed by atoms with Crippen molar-refractivity contribution in [3.05, 3.63) is 29.8 Å². The van der Waals surface area contributed by atoms with Crippen LogP contribution >= 0.6 is 0 Å². The van der Waals surface area contributed by atoms with Crippen LogP contribution in [0.15, 0.2) is 24.3 Å². The predicted molar refractivity (Wildman–Crippen MR) is 97.4 cm³/mol. The van der Waals surface area contributed by atoms with Gasteiger partial charge in [-0.2, -0.15) is 0 Å². The number of rotatable bonds is 5. The Hall–Kier alpha value is -1.88. The highest BCUT2D eigenvalue weighted by molar-refractivity contribution is 5.95. The molecule has 5 nitrogen and oxygen atoms in total. The molecule has 136 valence electrons. The van der Waals surface area contributed by atoms with Gasteiger partial charge >= 0.3 is 0 Å². The van der Waals surface area contributed by atoms with Crippen molar-refractivity contribution in [3.63, 3.8) is 0 Å². The number of piperidine rings is 1. The second kappa shape index (κ2) is 7.56. The minimum atomic E-state index is 0.000689. The van der Waals surface area contributed by atoms with Crippen LogP contribution in [0.3, 0.4) is 0 Å². The van der Waals surface area contributed by atoms with E-state index in [2.05, 4.69) is 6.92 Å². The Morgan fingerprint density at radius 2 is 1.84 bits per heavy atom. The zero-order valence-electron chi connectivity index (χ0n) is 15.0. The van der Waals surface area contributed by atoms with E-state index in [0.29, 0.717) is 12.8 Å². The van der Waals surface area contributed by atoms with E-state index in [1.165, 1.54) is 0 Å². The maximum Gasteiger partial charge on any atom is 0.227 e. The van der Waals surface area contributed by atoms with Gasteiger partial charge in [0, 0.05) is 38.3 Å². The third-order valence-corrected chi connectivity index (χ3v) is 5.94. The normalized spacial score (nSPS) is 20.2. The molecule has 2 fully saturated rings. The quantitative estimate of drug-likeness (QED) is 0.892. The Morgan fingerprint density at radius 3 is 2.36 bits per heavy atom. The molecule has 3 rings (SSSR count). The summed E-state index contributed by atoms with van der Waals surface area (Å²) < 4.78 is 0. The van der Waals surface area contributed by atoms with Gasteiger partial charge in [0.2, 0.25) is 11.8 Å². The number of benzene rings is 1. The SMILES string of the molecule is CCC1(CO)CCN(C(=O)Cc2ccc(N3CCCC3=O)cc2)CC1. The van der Waals surface area contributed by atoms with E-state index in [1.807, 2.05) is 34.1 Å². The summed E-state index contributed by atoms with van der Waals surface area (Å²) in [6, 6.07) is 7.78. The lowest BCUT2D eigenvalue weighted by atomic mass is 9.77. The van der Waals surface area contributed by atoms with Gasteiger partial charge in [-0.25, -0.2) is 0 Å². The molecule has 2 amide bonds. The number of aliphatic hydroxyl groups is 1. The van der Waals surface area contributed by atoms with E-state index in [1.54, 1.807) is 0 Å². The van der Waals surface area contributed by atoms with E-state index in [0.717, 1.165) is 56.6 Å². The second-order valence-corrected chi connectivity index (χ2v) is 7.38. The molecule has 0 atom stereocenters. The van der Waals surface area contributed by atoms with Crippen molar-refractivity contribution in [3.8, 4) is 0 Å². The average Bonchev–Trinajstić information content (AvgIpc) is 3.08. The van der Waals surface area contributed by atoms with Gasteiger partial charge in [0.25, 0.3) is 0 Å². The van der Waals surface area contributed by atoms with Crippen LogP contribution in [0.5, 0.6) is 0 Å². The number of carbonyl (C=O) groups excluding carboxylic acids is 2. The van der Waals surface area contributed by atoms with E-state index in [-0.39, 0.29) is 23.8 Å². The lowest BCUT2D eigenvalue weighted by Gasteiger charge is -2.40. The topological polar surface area (TPSA) is 60.9 Å². The van der Waals surface area contributed by atoms with Crippen molar-refractivity contribution in [2.45, 2.75) is 45.4 Å². The van der Waals surface area contributed by atoms with Gasteiger partial charge in [-0.1, -0.05) is 19.1 Å². The first-order valence-electron chi connectivity index (χ1n) is 9.35. The standard InChI is InChI=1S/C20H28N2O3/c1-2-20(15-23)9-12-21(13-10-20)19(25)14-16-5-7-17(8-6-16)22-11-3-4-18(22)24/h5-8,23H,2-4,9-15H2,1H3. The van der Waals surface area contributed by atoms with E-state index in [4.69, 9.17) is 0 Å². The molecule has 0 bridgehead atoms. The van der Waals surface area contributed by atoms with Crippen molar-refractivity contribution in [2.24, 2.45) is 5.41 Å². The van der Waals surface area contributed by atoms with Crippen molar-refractivity contribution < 1.29 is 14.7 Å². The van der Waals surface area contributed by atoms with E-state index in [9.17, 15) is 14.7 Å². The number of hydrogen-bond donors (Lipinski definition) is 1. The molecule has 25 heavy (non-hydrogen) atoms. The summed E-state index contributed by atoms with van der Waals surface area (Å²) in [5, 5.41) is 9.60. The fourth-order valence-corrected chi connectivity index (χ4v) is 3.86. The van der Waals surface area contributed by atoms with Crippen LogP contribution < -0.4 is 4.90 Å². The van der Waals surface area contributed by atoms with Crippen molar-refractivity contribution in [1.82, 2.24) is 4.90 Å². The fourth-order valence-electron chi connectivity index (χ4n) is 3.86. The zero-order valence-corrected chi connectivity index (χ0v) is 15.0. The number of amides is 2. The van der Waals surface area contributed by atoms with Crippen molar-refractivity contribution in [2.75, 3.05) is 31.1 Å². The van der Waals surface area contributed by atoms with Crippen LogP contribution in [-0.2, 0) is 16.0 Å². The lowest BCUT2D eigenvalue weighted by molar-refractivity contribution is -0.133. The van der Waals surface area contributed by atoms with Gasteiger partial charge in [0.1, 0.15) is 0 Å². The Bertz CT molecular complexity index is 612. The third kappa shape index (κ3) is 3.87. The Balaban J connectivity index is 1.56. The van der Waals surface area contributed by atoms with Gasteiger partial charge in [-0.3, -0.25) is 9.59 Å². The maximum absolute atomic E-state index is 12.5. The molecule has 0 spiro atoms. The first kappa shape index (κ1) is 17.9. The summed E-state index contributed by atoms with van der Waals surface area (Å²) in [6.45, 7) is 4.57. The molecule has 2 heterocycles. The summed E-state index contributed by atoms with van der Waals surface area (Å²) in [4.78, 5) is 28.1. The first-order valence-corrected chi connectivity index (χ1v) is 9.35. The lowest BCUT2D eigenvalue weighted by Crippen LogP contribution is -2.45. The van der Waals surface area contributed by atoms with Gasteiger partial charge in [0.15, 0.2) is 0 Å². The molecule has 0 unspecified atom stereocenters. The van der Waals surface area contributed by atoms with Gasteiger partial charge < -0.3 is 14.9 Å². The highest BCUT2D eigenvalue weighted by Crippen LogP contribution is 2.34. The summed E-state index contributed by atoms with van der Waals surface area (Å²) in [6.07, 6.45) is 4.65. The van der Waals surface area contributed by atoms with Crippen molar-refractivity contribution >= 4 is 17.5 Å². The second-order valence-electron chi connectivity index (χ2n) is 7.38. The van der Waals surface area contributed by atoms with Crippen LogP contribution in [0, 0.1) is 5.41 Å². The summed E-state index contributed by atoms with van der Waals surface area (Å²) in [5.41, 5.74) is 1.91. The summed E-state index contributed by atoms with van der Waals surface area (Å²) in [7, 11) is 0. The van der Waals surface area contributed by atoms with Crippen LogP contribution in [0.1, 0.15) is 44.6 Å². The van der Waals surface area contributed by atoms with Gasteiger partial charge in [-0.15, -0.1) is 0 Å². The molecular weight excluding hydrogens is 316 g/mol. The largest absolute Gasteiger partial charge is 0.396 e. The molecule has 1 aromatic rings. The molecule has 1 aromatic carbocycles. The number of anilines is 1. The molecule has 0 radical (unpaired) electrons. The Kier molecular flexibility index (Phi) is 5.42. The third-order valence-electron chi connectivity index (χ3n) is 5.94. The van der Waals surface area contributed by atoms with E-state index < -0.39 is 0 Å². The number of hydrogen-bond acceptors (Lipinski definition) is 3. The maximum atomic E-state index is 12.5. The molecule has 2 aliphatic heterocycles. The molecule has 0 aromatic heterocycles.